The molecule has 2 aromatic rings. The van der Waals surface area contributed by atoms with Gasteiger partial charge in [0.25, 0.3) is 5.91 Å². The highest BCUT2D eigenvalue weighted by Crippen LogP contribution is 2.37. The van der Waals surface area contributed by atoms with E-state index in [1.807, 2.05) is 24.3 Å². The van der Waals surface area contributed by atoms with E-state index in [0.717, 1.165) is 17.0 Å². The lowest BCUT2D eigenvalue weighted by atomic mass is 10.2. The topological polar surface area (TPSA) is 46.6 Å². The van der Waals surface area contributed by atoms with Crippen molar-refractivity contribution in [2.75, 3.05) is 18.1 Å². The van der Waals surface area contributed by atoms with E-state index >= 15 is 0 Å². The van der Waals surface area contributed by atoms with Crippen molar-refractivity contribution in [2.45, 2.75) is 23.5 Å². The van der Waals surface area contributed by atoms with E-state index < -0.39 is 18.4 Å². The summed E-state index contributed by atoms with van der Waals surface area (Å²) in [5.74, 6) is -1.81. The SMILES string of the molecule is C[C@@H]1CCN(C(=O)COC(=O)c2ccccc2F)c2ccccc2S1. The summed E-state index contributed by atoms with van der Waals surface area (Å²) in [4.78, 5) is 27.2. The third kappa shape index (κ3) is 4.02. The van der Waals surface area contributed by atoms with Gasteiger partial charge in [0.05, 0.1) is 11.3 Å². The molecule has 1 amide bonds. The van der Waals surface area contributed by atoms with Gasteiger partial charge in [-0.15, -0.1) is 11.8 Å². The quantitative estimate of drug-likeness (QED) is 0.780. The summed E-state index contributed by atoms with van der Waals surface area (Å²) in [6, 6.07) is 13.2. The number of esters is 1. The van der Waals surface area contributed by atoms with E-state index in [1.54, 1.807) is 22.7 Å². The number of halogens is 1. The summed E-state index contributed by atoms with van der Waals surface area (Å²) >= 11 is 1.73. The van der Waals surface area contributed by atoms with Crippen molar-refractivity contribution < 1.29 is 18.7 Å². The lowest BCUT2D eigenvalue weighted by Crippen LogP contribution is -2.35. The van der Waals surface area contributed by atoms with Crippen molar-refractivity contribution in [1.29, 1.82) is 0 Å². The maximum Gasteiger partial charge on any atom is 0.341 e. The molecule has 25 heavy (non-hydrogen) atoms. The van der Waals surface area contributed by atoms with Crippen LogP contribution in [0.25, 0.3) is 0 Å². The van der Waals surface area contributed by atoms with Crippen molar-refractivity contribution >= 4 is 29.3 Å². The van der Waals surface area contributed by atoms with Crippen LogP contribution >= 0.6 is 11.8 Å². The first kappa shape index (κ1) is 17.5. The Morgan fingerprint density at radius 3 is 2.72 bits per heavy atom. The molecule has 0 bridgehead atoms. The predicted molar refractivity (Wildman–Crippen MR) is 95.4 cm³/mol. The molecule has 6 heteroatoms. The number of nitrogens with zero attached hydrogens (tertiary/aromatic N) is 1. The number of benzene rings is 2. The molecule has 1 heterocycles. The number of hydrogen-bond donors (Lipinski definition) is 0. The molecule has 0 radical (unpaired) electrons. The summed E-state index contributed by atoms with van der Waals surface area (Å²) in [6.07, 6.45) is 0.840. The van der Waals surface area contributed by atoms with Crippen LogP contribution in [0.3, 0.4) is 0 Å². The molecule has 2 aromatic carbocycles. The maximum absolute atomic E-state index is 13.6. The van der Waals surface area contributed by atoms with E-state index in [2.05, 4.69) is 6.92 Å². The highest BCUT2D eigenvalue weighted by molar-refractivity contribution is 8.00. The zero-order chi connectivity index (χ0) is 17.8. The molecule has 0 saturated carbocycles. The zero-order valence-corrected chi connectivity index (χ0v) is 14.6. The number of ether oxygens (including phenoxy) is 1. The molecule has 0 unspecified atom stereocenters. The van der Waals surface area contributed by atoms with Crippen LogP contribution in [0.1, 0.15) is 23.7 Å². The molecular formula is C19H18FNO3S. The average Bonchev–Trinajstić information content (AvgIpc) is 2.78. The Morgan fingerprint density at radius 2 is 1.92 bits per heavy atom. The minimum Gasteiger partial charge on any atom is -0.452 e. The minimum atomic E-state index is -0.836. The number of anilines is 1. The highest BCUT2D eigenvalue weighted by atomic mass is 32.2. The van der Waals surface area contributed by atoms with E-state index in [1.165, 1.54) is 18.2 Å². The van der Waals surface area contributed by atoms with Crippen LogP contribution in [0, 0.1) is 5.82 Å². The molecule has 1 aliphatic heterocycles. The highest BCUT2D eigenvalue weighted by Gasteiger charge is 2.25. The van der Waals surface area contributed by atoms with Gasteiger partial charge in [-0.1, -0.05) is 31.2 Å². The number of thioether (sulfide) groups is 1. The van der Waals surface area contributed by atoms with Gasteiger partial charge in [-0.3, -0.25) is 4.79 Å². The molecule has 1 atom stereocenters. The Labute approximate surface area is 150 Å². The van der Waals surface area contributed by atoms with E-state index in [9.17, 15) is 14.0 Å². The maximum atomic E-state index is 13.6. The van der Waals surface area contributed by atoms with E-state index in [-0.39, 0.29) is 11.5 Å². The zero-order valence-electron chi connectivity index (χ0n) is 13.8. The first-order chi connectivity index (χ1) is 12.1. The molecule has 0 spiro atoms. The fourth-order valence-electron chi connectivity index (χ4n) is 2.66. The molecule has 0 saturated heterocycles. The number of para-hydroxylation sites is 1. The third-order valence-corrected chi connectivity index (χ3v) is 5.20. The summed E-state index contributed by atoms with van der Waals surface area (Å²) in [7, 11) is 0. The molecule has 130 valence electrons. The number of rotatable bonds is 3. The Morgan fingerprint density at radius 1 is 1.20 bits per heavy atom. The van der Waals surface area contributed by atoms with Gasteiger partial charge < -0.3 is 9.64 Å². The molecular weight excluding hydrogens is 341 g/mol. The minimum absolute atomic E-state index is 0.171. The van der Waals surface area contributed by atoms with E-state index in [0.29, 0.717) is 11.8 Å². The second-order valence-corrected chi connectivity index (χ2v) is 7.27. The van der Waals surface area contributed by atoms with Crippen molar-refractivity contribution in [3.05, 3.63) is 59.9 Å². The number of hydrogen-bond acceptors (Lipinski definition) is 4. The van der Waals surface area contributed by atoms with Gasteiger partial charge in [-0.2, -0.15) is 0 Å². The number of fused-ring (bicyclic) bond motifs is 1. The van der Waals surface area contributed by atoms with Gasteiger partial charge >= 0.3 is 5.97 Å². The third-order valence-electron chi connectivity index (χ3n) is 3.96. The van der Waals surface area contributed by atoms with Crippen molar-refractivity contribution in [2.24, 2.45) is 0 Å². The number of amides is 1. The number of carbonyl (C=O) groups excluding carboxylic acids is 2. The molecule has 0 aromatic heterocycles. The van der Waals surface area contributed by atoms with Gasteiger partial charge in [-0.05, 0) is 30.7 Å². The van der Waals surface area contributed by atoms with Crippen molar-refractivity contribution in [1.82, 2.24) is 0 Å². The van der Waals surface area contributed by atoms with Gasteiger partial charge in [0.15, 0.2) is 6.61 Å². The second kappa shape index (κ2) is 7.70. The normalized spacial score (nSPS) is 16.7. The smallest absolute Gasteiger partial charge is 0.341 e. The fraction of sp³-hybridized carbons (Fsp3) is 0.263. The van der Waals surface area contributed by atoms with Gasteiger partial charge in [0.2, 0.25) is 0 Å². The first-order valence-corrected chi connectivity index (χ1v) is 8.92. The lowest BCUT2D eigenvalue weighted by Gasteiger charge is -2.22. The van der Waals surface area contributed by atoms with Crippen LogP contribution in [0.15, 0.2) is 53.4 Å². The van der Waals surface area contributed by atoms with E-state index in [4.69, 9.17) is 4.74 Å². The summed E-state index contributed by atoms with van der Waals surface area (Å²) in [5, 5.41) is 0.389. The molecule has 0 aliphatic carbocycles. The van der Waals surface area contributed by atoms with Gasteiger partial charge in [0.1, 0.15) is 5.82 Å². The molecule has 1 aliphatic rings. The van der Waals surface area contributed by atoms with Crippen LogP contribution in [-0.2, 0) is 9.53 Å². The van der Waals surface area contributed by atoms with Crippen LogP contribution < -0.4 is 4.90 Å². The second-order valence-electron chi connectivity index (χ2n) is 5.79. The molecule has 4 nitrogen and oxygen atoms in total. The standard InChI is InChI=1S/C19H18FNO3S/c1-13-10-11-21(16-8-4-5-9-17(16)25-13)18(22)12-24-19(23)14-6-2-3-7-15(14)20/h2-9,13H,10-12H2,1H3/t13-/m1/s1. The summed E-state index contributed by atoms with van der Waals surface area (Å²) in [6.45, 7) is 2.26. The Balaban J connectivity index is 1.71. The molecule has 0 fully saturated rings. The van der Waals surface area contributed by atoms with Crippen LogP contribution in [-0.4, -0.2) is 30.3 Å². The van der Waals surface area contributed by atoms with Gasteiger partial charge in [-0.25, -0.2) is 9.18 Å². The van der Waals surface area contributed by atoms with Crippen LogP contribution in [0.4, 0.5) is 10.1 Å². The predicted octanol–water partition coefficient (Wildman–Crippen LogP) is 3.90. The van der Waals surface area contributed by atoms with Crippen LogP contribution in [0.2, 0.25) is 0 Å². The lowest BCUT2D eigenvalue weighted by molar-refractivity contribution is -0.121. The monoisotopic (exact) mass is 359 g/mol. The Hall–Kier alpha value is -2.34. The average molecular weight is 359 g/mol. The Bertz CT molecular complexity index is 796. The van der Waals surface area contributed by atoms with Gasteiger partial charge in [0, 0.05) is 16.7 Å². The van der Waals surface area contributed by atoms with Crippen molar-refractivity contribution in [3.63, 3.8) is 0 Å². The van der Waals surface area contributed by atoms with Crippen molar-refractivity contribution in [3.8, 4) is 0 Å². The summed E-state index contributed by atoms with van der Waals surface area (Å²) < 4.78 is 18.6. The summed E-state index contributed by atoms with van der Waals surface area (Å²) in [5.41, 5.74) is 0.652. The number of carbonyl (C=O) groups is 2. The largest absolute Gasteiger partial charge is 0.452 e. The molecule has 3 rings (SSSR count). The van der Waals surface area contributed by atoms with Crippen LogP contribution in [0.5, 0.6) is 0 Å². The fourth-order valence-corrected chi connectivity index (χ4v) is 3.77. The molecule has 0 N–H and O–H groups in total. The Kier molecular flexibility index (Phi) is 5.38. The first-order valence-electron chi connectivity index (χ1n) is 8.04.